The number of rotatable bonds is 6. The Morgan fingerprint density at radius 1 is 1.14 bits per heavy atom. The number of likely N-dealkylation sites (tertiary alicyclic amines) is 1. The van der Waals surface area contributed by atoms with E-state index in [0.29, 0.717) is 18.0 Å². The van der Waals surface area contributed by atoms with Gasteiger partial charge < -0.3 is 29.5 Å². The molecule has 1 fully saturated rings. The van der Waals surface area contributed by atoms with Crippen molar-refractivity contribution in [3.63, 3.8) is 0 Å². The predicted molar refractivity (Wildman–Crippen MR) is 108 cm³/mol. The number of carbonyl (C=O) groups is 1. The molecule has 2 N–H and O–H groups in total. The number of nitrogens with zero attached hydrogens (tertiary/aromatic N) is 1. The van der Waals surface area contributed by atoms with Gasteiger partial charge in [-0.15, -0.1) is 0 Å². The molecule has 2 aliphatic rings. The van der Waals surface area contributed by atoms with Gasteiger partial charge in [0.2, 0.25) is 5.91 Å². The van der Waals surface area contributed by atoms with Gasteiger partial charge >= 0.3 is 0 Å². The number of hydrogen-bond donors (Lipinski definition) is 2. The number of aliphatic hydroxyl groups excluding tert-OH is 1. The lowest BCUT2D eigenvalue weighted by Gasteiger charge is -2.38. The number of benzene rings is 2. The first-order valence-electron chi connectivity index (χ1n) is 9.89. The molecule has 0 radical (unpaired) electrons. The molecule has 1 unspecified atom stereocenters. The van der Waals surface area contributed by atoms with Gasteiger partial charge in [-0.25, -0.2) is 0 Å². The van der Waals surface area contributed by atoms with Crippen LogP contribution in [-0.2, 0) is 4.79 Å². The summed E-state index contributed by atoms with van der Waals surface area (Å²) < 4.78 is 17.8. The lowest BCUT2D eigenvalue weighted by atomic mass is 10.0. The third-order valence-electron chi connectivity index (χ3n) is 5.14. The molecular formula is C22H26N2O5. The zero-order chi connectivity index (χ0) is 20.3. The number of piperidine rings is 1. The Morgan fingerprint density at radius 2 is 1.76 bits per heavy atom. The van der Waals surface area contributed by atoms with Crippen LogP contribution < -0.4 is 19.5 Å². The molecule has 7 nitrogen and oxygen atoms in total. The Balaban J connectivity index is 1.20. The van der Waals surface area contributed by atoms with Gasteiger partial charge in [0, 0.05) is 45.1 Å². The average Bonchev–Trinajstić information content (AvgIpc) is 3.07. The molecule has 2 heterocycles. The first kappa shape index (κ1) is 19.5. The lowest BCUT2D eigenvalue weighted by molar-refractivity contribution is -0.122. The monoisotopic (exact) mass is 398 g/mol. The summed E-state index contributed by atoms with van der Waals surface area (Å²) in [6.07, 6.45) is 0.904. The SMILES string of the molecule is CC(=O)Nc1ccc(OCC(O)CN2CCC3(CC2)Oc2ccccc2O3)cc1. The van der Waals surface area contributed by atoms with Gasteiger partial charge in [-0.3, -0.25) is 4.79 Å². The minimum absolute atomic E-state index is 0.116. The van der Waals surface area contributed by atoms with Crippen LogP contribution in [0.5, 0.6) is 17.2 Å². The Morgan fingerprint density at radius 3 is 2.34 bits per heavy atom. The van der Waals surface area contributed by atoms with Gasteiger partial charge in [0.05, 0.1) is 0 Å². The Kier molecular flexibility index (Phi) is 5.60. The molecule has 2 aromatic carbocycles. The normalized spacial score (nSPS) is 18.4. The second-order valence-electron chi connectivity index (χ2n) is 7.53. The Bertz CT molecular complexity index is 820. The molecule has 154 valence electrons. The van der Waals surface area contributed by atoms with Crippen LogP contribution in [0.15, 0.2) is 48.5 Å². The summed E-state index contributed by atoms with van der Waals surface area (Å²) in [4.78, 5) is 13.2. The highest BCUT2D eigenvalue weighted by molar-refractivity contribution is 5.88. The molecule has 1 atom stereocenters. The first-order chi connectivity index (χ1) is 14.0. The van der Waals surface area contributed by atoms with Gasteiger partial charge in [-0.05, 0) is 36.4 Å². The van der Waals surface area contributed by atoms with Crippen molar-refractivity contribution < 1.29 is 24.1 Å². The number of amides is 1. The van der Waals surface area contributed by atoms with Crippen molar-refractivity contribution in [2.75, 3.05) is 31.6 Å². The fourth-order valence-electron chi connectivity index (χ4n) is 3.70. The van der Waals surface area contributed by atoms with E-state index in [9.17, 15) is 9.90 Å². The fraction of sp³-hybridized carbons (Fsp3) is 0.409. The van der Waals surface area contributed by atoms with Crippen LogP contribution in [0.25, 0.3) is 0 Å². The molecule has 1 spiro atoms. The van der Waals surface area contributed by atoms with Crippen LogP contribution in [0.3, 0.4) is 0 Å². The number of ether oxygens (including phenoxy) is 3. The average molecular weight is 398 g/mol. The molecule has 7 heteroatoms. The van der Waals surface area contributed by atoms with Crippen LogP contribution in [0.4, 0.5) is 5.69 Å². The summed E-state index contributed by atoms with van der Waals surface area (Å²) in [5.74, 6) is 1.57. The lowest BCUT2D eigenvalue weighted by Crippen LogP contribution is -2.51. The highest BCUT2D eigenvalue weighted by Crippen LogP contribution is 2.43. The van der Waals surface area contributed by atoms with Crippen LogP contribution in [0.1, 0.15) is 19.8 Å². The zero-order valence-electron chi connectivity index (χ0n) is 16.5. The Hall–Kier alpha value is -2.77. The van der Waals surface area contributed by atoms with E-state index >= 15 is 0 Å². The predicted octanol–water partition coefficient (Wildman–Crippen LogP) is 2.65. The molecular weight excluding hydrogens is 372 g/mol. The van der Waals surface area contributed by atoms with Crippen molar-refractivity contribution in [1.82, 2.24) is 4.90 Å². The van der Waals surface area contributed by atoms with E-state index in [2.05, 4.69) is 10.2 Å². The zero-order valence-corrected chi connectivity index (χ0v) is 16.5. The molecule has 0 aliphatic carbocycles. The van der Waals surface area contributed by atoms with Gasteiger partial charge in [0.25, 0.3) is 5.79 Å². The van der Waals surface area contributed by atoms with Crippen LogP contribution in [0, 0.1) is 0 Å². The second-order valence-corrected chi connectivity index (χ2v) is 7.53. The van der Waals surface area contributed by atoms with Crippen molar-refractivity contribution in [3.05, 3.63) is 48.5 Å². The number of carbonyl (C=O) groups excluding carboxylic acids is 1. The van der Waals surface area contributed by atoms with E-state index in [0.717, 1.165) is 37.4 Å². The van der Waals surface area contributed by atoms with E-state index in [4.69, 9.17) is 14.2 Å². The molecule has 0 saturated carbocycles. The summed E-state index contributed by atoms with van der Waals surface area (Å²) in [5, 5.41) is 13.1. The maximum absolute atomic E-state index is 11.0. The number of aliphatic hydroxyl groups is 1. The Labute approximate surface area is 170 Å². The molecule has 2 aromatic rings. The van der Waals surface area contributed by atoms with Crippen molar-refractivity contribution in [1.29, 1.82) is 0 Å². The molecule has 2 aliphatic heterocycles. The smallest absolute Gasteiger partial charge is 0.254 e. The van der Waals surface area contributed by atoms with Gasteiger partial charge in [0.1, 0.15) is 18.5 Å². The molecule has 0 bridgehead atoms. The highest BCUT2D eigenvalue weighted by Gasteiger charge is 2.44. The van der Waals surface area contributed by atoms with Crippen LogP contribution in [0.2, 0.25) is 0 Å². The summed E-state index contributed by atoms with van der Waals surface area (Å²) in [6, 6.07) is 14.8. The van der Waals surface area contributed by atoms with Crippen molar-refractivity contribution in [3.8, 4) is 17.2 Å². The molecule has 4 rings (SSSR count). The molecule has 1 saturated heterocycles. The number of nitrogens with one attached hydrogen (secondary N) is 1. The van der Waals surface area contributed by atoms with E-state index in [1.54, 1.807) is 24.3 Å². The fourth-order valence-corrected chi connectivity index (χ4v) is 3.70. The van der Waals surface area contributed by atoms with E-state index in [-0.39, 0.29) is 12.5 Å². The number of fused-ring (bicyclic) bond motifs is 1. The van der Waals surface area contributed by atoms with Crippen molar-refractivity contribution in [2.24, 2.45) is 0 Å². The second kappa shape index (κ2) is 8.31. The number of hydrogen-bond acceptors (Lipinski definition) is 6. The third-order valence-corrected chi connectivity index (χ3v) is 5.14. The minimum Gasteiger partial charge on any atom is -0.491 e. The van der Waals surface area contributed by atoms with Crippen molar-refractivity contribution in [2.45, 2.75) is 31.7 Å². The number of para-hydroxylation sites is 2. The highest BCUT2D eigenvalue weighted by atomic mass is 16.7. The van der Waals surface area contributed by atoms with Gasteiger partial charge in [-0.1, -0.05) is 12.1 Å². The molecule has 0 aromatic heterocycles. The quantitative estimate of drug-likeness (QED) is 0.779. The standard InChI is InChI=1S/C22H26N2O5/c1-16(25)23-17-6-8-19(9-7-17)27-15-18(26)14-24-12-10-22(11-13-24)28-20-4-2-3-5-21(20)29-22/h2-9,18,26H,10-15H2,1H3,(H,23,25). The van der Waals surface area contributed by atoms with Crippen LogP contribution >= 0.6 is 0 Å². The van der Waals surface area contributed by atoms with Crippen molar-refractivity contribution >= 4 is 11.6 Å². The summed E-state index contributed by atoms with van der Waals surface area (Å²) >= 11 is 0. The number of anilines is 1. The van der Waals surface area contributed by atoms with E-state index in [1.165, 1.54) is 6.92 Å². The largest absolute Gasteiger partial charge is 0.491 e. The maximum atomic E-state index is 11.0. The van der Waals surface area contributed by atoms with E-state index in [1.807, 2.05) is 24.3 Å². The van der Waals surface area contributed by atoms with Crippen LogP contribution in [-0.4, -0.2) is 54.0 Å². The maximum Gasteiger partial charge on any atom is 0.254 e. The first-order valence-corrected chi connectivity index (χ1v) is 9.89. The summed E-state index contributed by atoms with van der Waals surface area (Å²) in [5.41, 5.74) is 0.714. The summed E-state index contributed by atoms with van der Waals surface area (Å²) in [6.45, 7) is 3.78. The van der Waals surface area contributed by atoms with E-state index < -0.39 is 11.9 Å². The molecule has 1 amide bonds. The van der Waals surface area contributed by atoms with Gasteiger partial charge in [0.15, 0.2) is 11.5 Å². The minimum atomic E-state index is -0.596. The summed E-state index contributed by atoms with van der Waals surface area (Å²) in [7, 11) is 0. The topological polar surface area (TPSA) is 80.3 Å². The molecule has 29 heavy (non-hydrogen) atoms. The van der Waals surface area contributed by atoms with Gasteiger partial charge in [-0.2, -0.15) is 0 Å². The number of β-amino-alcohol motifs (C(OH)–C–C–N with tert-alkyl or cyclic N) is 1. The third kappa shape index (κ3) is 4.81.